The molecule has 0 unspecified atom stereocenters. The van der Waals surface area contributed by atoms with Gasteiger partial charge in [-0.05, 0) is 26.8 Å². The number of aliphatic hydroxyl groups is 1. The molecule has 0 saturated carbocycles. The van der Waals surface area contributed by atoms with E-state index in [2.05, 4.69) is 5.32 Å². The van der Waals surface area contributed by atoms with Crippen LogP contribution in [0.25, 0.3) is 0 Å². The molecule has 0 aromatic heterocycles. The van der Waals surface area contributed by atoms with Gasteiger partial charge < -0.3 is 15.3 Å². The second-order valence-electron chi connectivity index (χ2n) is 3.57. The van der Waals surface area contributed by atoms with Gasteiger partial charge in [0.2, 0.25) is 5.91 Å². The summed E-state index contributed by atoms with van der Waals surface area (Å²) in [5.74, 6) is 0.0888. The normalized spacial score (nSPS) is 24.8. The zero-order chi connectivity index (χ0) is 9.84. The molecule has 0 bridgehead atoms. The van der Waals surface area contributed by atoms with Crippen molar-refractivity contribution in [1.82, 2.24) is 10.2 Å². The number of nitrogens with one attached hydrogen (secondary N) is 1. The third-order valence-electron chi connectivity index (χ3n) is 2.50. The summed E-state index contributed by atoms with van der Waals surface area (Å²) in [4.78, 5) is 13.3. The van der Waals surface area contributed by atoms with Crippen molar-refractivity contribution in [2.45, 2.75) is 31.9 Å². The van der Waals surface area contributed by atoms with E-state index < -0.39 is 6.10 Å². The number of rotatable bonds is 3. The van der Waals surface area contributed by atoms with Gasteiger partial charge in [0, 0.05) is 6.54 Å². The molecular weight excluding hydrogens is 168 g/mol. The van der Waals surface area contributed by atoms with Gasteiger partial charge in [0.25, 0.3) is 0 Å². The Morgan fingerprint density at radius 2 is 2.46 bits per heavy atom. The molecule has 13 heavy (non-hydrogen) atoms. The van der Waals surface area contributed by atoms with Crippen molar-refractivity contribution < 1.29 is 9.90 Å². The maximum atomic E-state index is 11.5. The Labute approximate surface area is 78.9 Å². The van der Waals surface area contributed by atoms with Crippen LogP contribution in [0.3, 0.4) is 0 Å². The molecule has 4 heteroatoms. The Bertz CT molecular complexity index is 182. The van der Waals surface area contributed by atoms with Crippen LogP contribution in [0.5, 0.6) is 0 Å². The Hall–Kier alpha value is -0.610. The lowest BCUT2D eigenvalue weighted by atomic mass is 10.1. The fourth-order valence-corrected chi connectivity index (χ4v) is 1.86. The van der Waals surface area contributed by atoms with Crippen LogP contribution in [0, 0.1) is 0 Å². The first-order chi connectivity index (χ1) is 6.16. The second kappa shape index (κ2) is 4.58. The molecule has 1 aliphatic heterocycles. The van der Waals surface area contributed by atoms with Crippen molar-refractivity contribution in [3.8, 4) is 0 Å². The Kier molecular flexibility index (Phi) is 3.69. The molecule has 1 heterocycles. The van der Waals surface area contributed by atoms with E-state index in [0.29, 0.717) is 6.54 Å². The van der Waals surface area contributed by atoms with E-state index in [1.807, 2.05) is 0 Å². The van der Waals surface area contributed by atoms with E-state index in [1.165, 1.54) is 0 Å². The molecule has 1 aliphatic rings. The molecule has 1 saturated heterocycles. The average Bonchev–Trinajstić information content (AvgIpc) is 2.52. The van der Waals surface area contributed by atoms with Crippen LogP contribution in [0.1, 0.15) is 19.8 Å². The topological polar surface area (TPSA) is 52.6 Å². The van der Waals surface area contributed by atoms with Crippen molar-refractivity contribution in [2.24, 2.45) is 0 Å². The third kappa shape index (κ3) is 2.42. The summed E-state index contributed by atoms with van der Waals surface area (Å²) in [6.07, 6.45) is 1.52. The van der Waals surface area contributed by atoms with E-state index in [-0.39, 0.29) is 11.9 Å². The van der Waals surface area contributed by atoms with Crippen LogP contribution in [0.2, 0.25) is 0 Å². The average molecular weight is 186 g/mol. The first-order valence-electron chi connectivity index (χ1n) is 4.79. The number of hydrogen-bond acceptors (Lipinski definition) is 3. The minimum absolute atomic E-state index is 0.0286. The molecule has 76 valence electrons. The van der Waals surface area contributed by atoms with Gasteiger partial charge >= 0.3 is 0 Å². The highest BCUT2D eigenvalue weighted by Crippen LogP contribution is 2.19. The van der Waals surface area contributed by atoms with Gasteiger partial charge in [0.15, 0.2) is 0 Å². The number of hydrogen-bond donors (Lipinski definition) is 2. The number of nitrogens with zero attached hydrogens (tertiary/aromatic N) is 1. The predicted octanol–water partition coefficient (Wildman–Crippen LogP) is -0.422. The maximum Gasteiger partial charge on any atom is 0.236 e. The van der Waals surface area contributed by atoms with Gasteiger partial charge in [0.1, 0.15) is 0 Å². The zero-order valence-corrected chi connectivity index (χ0v) is 8.29. The predicted molar refractivity (Wildman–Crippen MR) is 50.3 cm³/mol. The molecule has 1 fully saturated rings. The van der Waals surface area contributed by atoms with Crippen molar-refractivity contribution in [2.75, 3.05) is 20.1 Å². The summed E-state index contributed by atoms with van der Waals surface area (Å²) < 4.78 is 0. The first-order valence-corrected chi connectivity index (χ1v) is 4.79. The Morgan fingerprint density at radius 1 is 1.77 bits per heavy atom. The number of amides is 1. The summed E-state index contributed by atoms with van der Waals surface area (Å²) >= 11 is 0. The molecule has 0 aliphatic carbocycles. The molecule has 1 rings (SSSR count). The van der Waals surface area contributed by atoms with Gasteiger partial charge in [-0.3, -0.25) is 4.79 Å². The van der Waals surface area contributed by atoms with Crippen LogP contribution in [-0.4, -0.2) is 48.2 Å². The third-order valence-corrected chi connectivity index (χ3v) is 2.50. The molecule has 2 atom stereocenters. The number of likely N-dealkylation sites (tertiary alicyclic amines) is 1. The van der Waals surface area contributed by atoms with Crippen LogP contribution in [0.15, 0.2) is 0 Å². The summed E-state index contributed by atoms with van der Waals surface area (Å²) in [7, 11) is 1.76. The summed E-state index contributed by atoms with van der Waals surface area (Å²) in [6, 6.07) is 0.0286. The monoisotopic (exact) mass is 186 g/mol. The number of carbonyl (C=O) groups is 1. The van der Waals surface area contributed by atoms with Crippen molar-refractivity contribution in [3.05, 3.63) is 0 Å². The molecular formula is C9H18N2O2. The highest BCUT2D eigenvalue weighted by Gasteiger charge is 2.31. The molecule has 1 amide bonds. The van der Waals surface area contributed by atoms with Crippen molar-refractivity contribution in [3.63, 3.8) is 0 Å². The van der Waals surface area contributed by atoms with E-state index in [9.17, 15) is 9.90 Å². The number of likely N-dealkylation sites (N-methyl/N-ethyl adjacent to an activating group) is 1. The number of aliphatic hydroxyl groups excluding tert-OH is 1. The van der Waals surface area contributed by atoms with E-state index in [0.717, 1.165) is 19.4 Å². The van der Waals surface area contributed by atoms with Crippen LogP contribution < -0.4 is 5.32 Å². The quantitative estimate of drug-likeness (QED) is 0.629. The van der Waals surface area contributed by atoms with Gasteiger partial charge in [-0.15, -0.1) is 0 Å². The highest BCUT2D eigenvalue weighted by atomic mass is 16.3. The molecule has 0 spiro atoms. The largest absolute Gasteiger partial charge is 0.391 e. The van der Waals surface area contributed by atoms with E-state index in [4.69, 9.17) is 0 Å². The SMILES string of the molecule is CNCC(=O)N1CCC[C@@H]1[C@@H](C)O. The molecule has 0 aromatic carbocycles. The van der Waals surface area contributed by atoms with Crippen molar-refractivity contribution >= 4 is 5.91 Å². The Morgan fingerprint density at radius 3 is 3.00 bits per heavy atom. The number of carbonyl (C=O) groups excluding carboxylic acids is 1. The van der Waals surface area contributed by atoms with Gasteiger partial charge in [-0.25, -0.2) is 0 Å². The van der Waals surface area contributed by atoms with Crippen LogP contribution in [-0.2, 0) is 4.79 Å². The van der Waals surface area contributed by atoms with Gasteiger partial charge in [-0.2, -0.15) is 0 Å². The van der Waals surface area contributed by atoms with Gasteiger partial charge in [-0.1, -0.05) is 0 Å². The van der Waals surface area contributed by atoms with E-state index in [1.54, 1.807) is 18.9 Å². The Balaban J connectivity index is 2.52. The molecule has 2 N–H and O–H groups in total. The standard InChI is InChI=1S/C9H18N2O2/c1-7(12)8-4-3-5-11(8)9(13)6-10-2/h7-8,10,12H,3-6H2,1-2H3/t7-,8-/m1/s1. The molecule has 0 aromatic rings. The lowest BCUT2D eigenvalue weighted by Gasteiger charge is -2.26. The fraction of sp³-hybridized carbons (Fsp3) is 0.889. The van der Waals surface area contributed by atoms with Crippen molar-refractivity contribution in [1.29, 1.82) is 0 Å². The first kappa shape index (κ1) is 10.5. The smallest absolute Gasteiger partial charge is 0.236 e. The van der Waals surface area contributed by atoms with Crippen LogP contribution in [0.4, 0.5) is 0 Å². The lowest BCUT2D eigenvalue weighted by molar-refractivity contribution is -0.132. The molecule has 0 radical (unpaired) electrons. The molecule has 4 nitrogen and oxygen atoms in total. The summed E-state index contributed by atoms with van der Waals surface area (Å²) in [5, 5.41) is 12.3. The summed E-state index contributed by atoms with van der Waals surface area (Å²) in [5.41, 5.74) is 0. The minimum atomic E-state index is -0.414. The minimum Gasteiger partial charge on any atom is -0.391 e. The zero-order valence-electron chi connectivity index (χ0n) is 8.29. The second-order valence-corrected chi connectivity index (χ2v) is 3.57. The van der Waals surface area contributed by atoms with E-state index >= 15 is 0 Å². The van der Waals surface area contributed by atoms with Gasteiger partial charge in [0.05, 0.1) is 18.7 Å². The van der Waals surface area contributed by atoms with Crippen LogP contribution >= 0.6 is 0 Å². The lowest BCUT2D eigenvalue weighted by Crippen LogP contribution is -2.44. The highest BCUT2D eigenvalue weighted by molar-refractivity contribution is 5.78. The maximum absolute atomic E-state index is 11.5. The fourth-order valence-electron chi connectivity index (χ4n) is 1.86. The summed E-state index contributed by atoms with van der Waals surface area (Å²) in [6.45, 7) is 2.90.